The smallest absolute Gasteiger partial charge is 0.257 e. The average molecular weight is 380 g/mol. The van der Waals surface area contributed by atoms with Crippen molar-refractivity contribution in [2.24, 2.45) is 0 Å². The van der Waals surface area contributed by atoms with E-state index in [2.05, 4.69) is 10.3 Å². The van der Waals surface area contributed by atoms with E-state index in [0.29, 0.717) is 18.1 Å². The normalized spacial score (nSPS) is 11.1. The van der Waals surface area contributed by atoms with Gasteiger partial charge < -0.3 is 4.74 Å². The number of hydrogen-bond donors (Lipinski definition) is 2. The molecule has 0 radical (unpaired) electrons. The zero-order valence-electron chi connectivity index (χ0n) is 13.8. The Kier molecular flexibility index (Phi) is 7.30. The van der Waals surface area contributed by atoms with Gasteiger partial charge in [-0.05, 0) is 36.8 Å². The summed E-state index contributed by atoms with van der Waals surface area (Å²) in [7, 11) is -3.81. The third-order valence-electron chi connectivity index (χ3n) is 3.11. The number of rotatable bonds is 9. The van der Waals surface area contributed by atoms with Gasteiger partial charge in [-0.1, -0.05) is 30.3 Å². The Labute approximate surface area is 152 Å². The Morgan fingerprint density at radius 3 is 2.40 bits per heavy atom. The third-order valence-corrected chi connectivity index (χ3v) is 5.38. The molecule has 0 fully saturated rings. The van der Waals surface area contributed by atoms with Crippen LogP contribution < -0.4 is 15.0 Å². The van der Waals surface area contributed by atoms with Crippen molar-refractivity contribution in [3.05, 3.63) is 60.2 Å². The van der Waals surface area contributed by atoms with Gasteiger partial charge in [0.2, 0.25) is 5.91 Å². The second kappa shape index (κ2) is 9.45. The minimum atomic E-state index is -3.81. The molecular weight excluding hydrogens is 360 g/mol. The quantitative estimate of drug-likeness (QED) is 0.652. The van der Waals surface area contributed by atoms with Crippen molar-refractivity contribution < 1.29 is 17.9 Å². The van der Waals surface area contributed by atoms with Crippen LogP contribution in [0, 0.1) is 0 Å². The Hall–Kier alpha value is -2.03. The lowest BCUT2D eigenvalue weighted by Gasteiger charge is -2.09. The first kappa shape index (κ1) is 19.3. The summed E-state index contributed by atoms with van der Waals surface area (Å²) in [5.41, 5.74) is 3.33. The molecule has 2 aromatic rings. The SMILES string of the molecule is CCOc1ccc(S(=O)(=O)NNC(=O)CSCc2ccccc2)cc1. The molecule has 0 unspecified atom stereocenters. The van der Waals surface area contributed by atoms with Crippen molar-refractivity contribution in [1.82, 2.24) is 10.3 Å². The Morgan fingerprint density at radius 1 is 1.08 bits per heavy atom. The number of thioether (sulfide) groups is 1. The predicted molar refractivity (Wildman–Crippen MR) is 98.7 cm³/mol. The van der Waals surface area contributed by atoms with Crippen molar-refractivity contribution in [3.8, 4) is 5.75 Å². The molecule has 0 aliphatic rings. The molecule has 0 bridgehead atoms. The van der Waals surface area contributed by atoms with Gasteiger partial charge in [0.05, 0.1) is 17.3 Å². The van der Waals surface area contributed by atoms with E-state index in [0.717, 1.165) is 5.56 Å². The number of sulfonamides is 1. The lowest BCUT2D eigenvalue weighted by Crippen LogP contribution is -2.42. The van der Waals surface area contributed by atoms with E-state index < -0.39 is 15.9 Å². The molecule has 2 N–H and O–H groups in total. The highest BCUT2D eigenvalue weighted by Crippen LogP contribution is 2.15. The highest BCUT2D eigenvalue weighted by Gasteiger charge is 2.15. The average Bonchev–Trinajstić information content (AvgIpc) is 2.62. The lowest BCUT2D eigenvalue weighted by atomic mass is 10.2. The first-order valence-electron chi connectivity index (χ1n) is 7.66. The van der Waals surface area contributed by atoms with E-state index in [-0.39, 0.29) is 10.6 Å². The van der Waals surface area contributed by atoms with Crippen LogP contribution in [0.5, 0.6) is 5.75 Å². The molecule has 25 heavy (non-hydrogen) atoms. The van der Waals surface area contributed by atoms with Crippen LogP contribution in [0.2, 0.25) is 0 Å². The van der Waals surface area contributed by atoms with Gasteiger partial charge in [0.15, 0.2) is 0 Å². The number of amides is 1. The maximum absolute atomic E-state index is 12.1. The van der Waals surface area contributed by atoms with Crippen LogP contribution in [0.3, 0.4) is 0 Å². The van der Waals surface area contributed by atoms with Crippen LogP contribution in [0.1, 0.15) is 12.5 Å². The maximum atomic E-state index is 12.1. The molecule has 0 atom stereocenters. The first-order valence-corrected chi connectivity index (χ1v) is 10.3. The number of hydrazine groups is 1. The molecule has 0 saturated heterocycles. The summed E-state index contributed by atoms with van der Waals surface area (Å²) in [6.07, 6.45) is 0. The standard InChI is InChI=1S/C17H20N2O4S2/c1-2-23-15-8-10-16(11-9-15)25(21,22)19-18-17(20)13-24-12-14-6-4-3-5-7-14/h3-11,19H,2,12-13H2,1H3,(H,18,20). The topological polar surface area (TPSA) is 84.5 Å². The summed E-state index contributed by atoms with van der Waals surface area (Å²) in [6, 6.07) is 15.7. The molecule has 8 heteroatoms. The third kappa shape index (κ3) is 6.41. The van der Waals surface area contributed by atoms with E-state index in [1.165, 1.54) is 23.9 Å². The summed E-state index contributed by atoms with van der Waals surface area (Å²) in [5, 5.41) is 0. The summed E-state index contributed by atoms with van der Waals surface area (Å²) >= 11 is 1.40. The number of ether oxygens (including phenoxy) is 1. The summed E-state index contributed by atoms with van der Waals surface area (Å²) in [5.74, 6) is 1.01. The molecule has 134 valence electrons. The van der Waals surface area contributed by atoms with Crippen molar-refractivity contribution in [2.45, 2.75) is 17.6 Å². The zero-order chi connectivity index (χ0) is 18.1. The molecular formula is C17H20N2O4S2. The van der Waals surface area contributed by atoms with Crippen molar-refractivity contribution in [1.29, 1.82) is 0 Å². The van der Waals surface area contributed by atoms with Gasteiger partial charge in [0.1, 0.15) is 5.75 Å². The molecule has 1 amide bonds. The lowest BCUT2D eigenvalue weighted by molar-refractivity contribution is -0.119. The van der Waals surface area contributed by atoms with Crippen LogP contribution in [-0.4, -0.2) is 26.7 Å². The molecule has 2 aromatic carbocycles. The summed E-state index contributed by atoms with van der Waals surface area (Å²) < 4.78 is 29.5. The van der Waals surface area contributed by atoms with Gasteiger partial charge >= 0.3 is 0 Å². The number of hydrogen-bond acceptors (Lipinski definition) is 5. The highest BCUT2D eigenvalue weighted by atomic mass is 32.2. The van der Waals surface area contributed by atoms with Crippen molar-refractivity contribution >= 4 is 27.7 Å². The first-order chi connectivity index (χ1) is 12.0. The fraction of sp³-hybridized carbons (Fsp3) is 0.235. The van der Waals surface area contributed by atoms with Crippen LogP contribution in [0.4, 0.5) is 0 Å². The van der Waals surface area contributed by atoms with Gasteiger partial charge in [-0.15, -0.1) is 16.6 Å². The number of carbonyl (C=O) groups is 1. The summed E-state index contributed by atoms with van der Waals surface area (Å²) in [4.78, 5) is 13.9. The second-order valence-corrected chi connectivity index (χ2v) is 7.70. The van der Waals surface area contributed by atoms with Gasteiger partial charge in [0.25, 0.3) is 10.0 Å². The van der Waals surface area contributed by atoms with Crippen molar-refractivity contribution in [3.63, 3.8) is 0 Å². The van der Waals surface area contributed by atoms with E-state index in [1.807, 2.05) is 37.3 Å². The summed E-state index contributed by atoms with van der Waals surface area (Å²) in [6.45, 7) is 2.35. The fourth-order valence-electron chi connectivity index (χ4n) is 1.94. The zero-order valence-corrected chi connectivity index (χ0v) is 15.4. The van der Waals surface area contributed by atoms with Crippen molar-refractivity contribution in [2.75, 3.05) is 12.4 Å². The fourth-order valence-corrected chi connectivity index (χ4v) is 3.58. The van der Waals surface area contributed by atoms with E-state index in [1.54, 1.807) is 12.1 Å². The minimum absolute atomic E-state index is 0.0493. The molecule has 0 heterocycles. The second-order valence-electron chi connectivity index (χ2n) is 5.04. The van der Waals surface area contributed by atoms with E-state index >= 15 is 0 Å². The van der Waals surface area contributed by atoms with Gasteiger partial charge in [-0.3, -0.25) is 10.2 Å². The molecule has 0 aliphatic carbocycles. The monoisotopic (exact) mass is 380 g/mol. The Bertz CT molecular complexity index is 778. The predicted octanol–water partition coefficient (Wildman–Crippen LogP) is 2.33. The van der Waals surface area contributed by atoms with Gasteiger partial charge in [-0.2, -0.15) is 0 Å². The van der Waals surface area contributed by atoms with Gasteiger partial charge in [0, 0.05) is 5.75 Å². The molecule has 0 saturated carbocycles. The number of carbonyl (C=O) groups excluding carboxylic acids is 1. The Morgan fingerprint density at radius 2 is 1.76 bits per heavy atom. The molecule has 2 rings (SSSR count). The largest absolute Gasteiger partial charge is 0.494 e. The molecule has 6 nitrogen and oxygen atoms in total. The van der Waals surface area contributed by atoms with E-state index in [4.69, 9.17) is 4.74 Å². The van der Waals surface area contributed by atoms with E-state index in [9.17, 15) is 13.2 Å². The number of nitrogens with one attached hydrogen (secondary N) is 2. The number of benzene rings is 2. The van der Waals surface area contributed by atoms with Crippen LogP contribution >= 0.6 is 11.8 Å². The van der Waals surface area contributed by atoms with Crippen LogP contribution in [0.15, 0.2) is 59.5 Å². The minimum Gasteiger partial charge on any atom is -0.494 e. The van der Waals surface area contributed by atoms with Gasteiger partial charge in [-0.25, -0.2) is 8.42 Å². The van der Waals surface area contributed by atoms with Crippen LogP contribution in [-0.2, 0) is 20.6 Å². The maximum Gasteiger partial charge on any atom is 0.257 e. The highest BCUT2D eigenvalue weighted by molar-refractivity contribution is 7.99. The molecule has 0 aromatic heterocycles. The van der Waals surface area contributed by atoms with Crippen LogP contribution in [0.25, 0.3) is 0 Å². The molecule has 0 spiro atoms. The Balaban J connectivity index is 1.79. The molecule has 0 aliphatic heterocycles.